The molecule has 1 N–H and O–H groups in total. The van der Waals surface area contributed by atoms with E-state index in [-0.39, 0.29) is 13.0 Å². The Morgan fingerprint density at radius 2 is 1.94 bits per heavy atom. The van der Waals surface area contributed by atoms with Gasteiger partial charge < -0.3 is 10.0 Å². The van der Waals surface area contributed by atoms with Crippen LogP contribution in [0.25, 0.3) is 0 Å². The van der Waals surface area contributed by atoms with Crippen LogP contribution in [0.4, 0.5) is 0 Å². The number of rotatable bonds is 5. The predicted molar refractivity (Wildman–Crippen MR) is 60.5 cm³/mol. The molecule has 4 heteroatoms. The smallest absolute Gasteiger partial charge is 0.305 e. The van der Waals surface area contributed by atoms with Gasteiger partial charge >= 0.3 is 5.97 Å². The average molecular weight is 219 g/mol. The largest absolute Gasteiger partial charge is 0.481 e. The Morgan fingerprint density at radius 3 is 2.62 bits per heavy atom. The Kier molecular flexibility index (Phi) is 4.79. The van der Waals surface area contributed by atoms with Gasteiger partial charge in [0.25, 0.3) is 0 Å². The monoisotopic (exact) mass is 219 g/mol. The van der Waals surface area contributed by atoms with Crippen LogP contribution in [0.15, 0.2) is 48.2 Å². The summed E-state index contributed by atoms with van der Waals surface area (Å²) in [6.07, 6.45) is 13.2. The zero-order valence-corrected chi connectivity index (χ0v) is 8.74. The van der Waals surface area contributed by atoms with Crippen molar-refractivity contribution in [3.05, 3.63) is 48.2 Å². The summed E-state index contributed by atoms with van der Waals surface area (Å²) >= 11 is 0. The molecule has 0 spiro atoms. The third-order valence-electron chi connectivity index (χ3n) is 2.00. The van der Waals surface area contributed by atoms with Crippen molar-refractivity contribution in [3.63, 3.8) is 0 Å². The van der Waals surface area contributed by atoms with Crippen LogP contribution < -0.4 is 0 Å². The van der Waals surface area contributed by atoms with Gasteiger partial charge in [0.05, 0.1) is 6.42 Å². The van der Waals surface area contributed by atoms with Gasteiger partial charge in [-0.15, -0.1) is 0 Å². The summed E-state index contributed by atoms with van der Waals surface area (Å²) in [7, 11) is 0. The molecular formula is C12H13NO3. The molecule has 0 bridgehead atoms. The van der Waals surface area contributed by atoms with Crippen molar-refractivity contribution < 1.29 is 14.7 Å². The van der Waals surface area contributed by atoms with Crippen molar-refractivity contribution in [2.75, 3.05) is 6.54 Å². The summed E-state index contributed by atoms with van der Waals surface area (Å²) in [5.41, 5.74) is 0.678. The third-order valence-corrected chi connectivity index (χ3v) is 2.00. The number of carbonyl (C=O) groups excluding carboxylic acids is 1. The van der Waals surface area contributed by atoms with E-state index < -0.39 is 5.97 Å². The maximum atomic E-state index is 10.8. The summed E-state index contributed by atoms with van der Waals surface area (Å²) < 4.78 is 0. The molecule has 0 aromatic rings. The van der Waals surface area contributed by atoms with Crippen molar-refractivity contribution >= 4 is 12.4 Å². The van der Waals surface area contributed by atoms with Crippen molar-refractivity contribution in [2.45, 2.75) is 6.42 Å². The molecule has 0 aliphatic heterocycles. The lowest BCUT2D eigenvalue weighted by molar-refractivity contribution is -0.137. The second-order valence-corrected chi connectivity index (χ2v) is 3.16. The summed E-state index contributed by atoms with van der Waals surface area (Å²) in [6.45, 7) is 0.173. The summed E-state index contributed by atoms with van der Waals surface area (Å²) in [4.78, 5) is 22.6. The van der Waals surface area contributed by atoms with E-state index >= 15 is 0 Å². The highest BCUT2D eigenvalue weighted by molar-refractivity contribution is 5.67. The molecule has 1 amide bonds. The Labute approximate surface area is 93.9 Å². The number of carboxylic acids is 1. The zero-order valence-electron chi connectivity index (χ0n) is 8.74. The normalized spacial score (nSPS) is 13.9. The molecule has 0 atom stereocenters. The molecule has 4 nitrogen and oxygen atoms in total. The molecule has 0 aromatic carbocycles. The number of hydrogen-bond acceptors (Lipinski definition) is 2. The molecule has 0 saturated heterocycles. The lowest BCUT2D eigenvalue weighted by Gasteiger charge is -2.17. The molecule has 1 aliphatic rings. The first-order chi connectivity index (χ1) is 7.74. The van der Waals surface area contributed by atoms with E-state index in [1.54, 1.807) is 24.3 Å². The minimum absolute atomic E-state index is 0.0660. The van der Waals surface area contributed by atoms with Gasteiger partial charge in [-0.25, -0.2) is 0 Å². The van der Waals surface area contributed by atoms with Crippen LogP contribution in [-0.4, -0.2) is 28.9 Å². The second-order valence-electron chi connectivity index (χ2n) is 3.16. The Bertz CT molecular complexity index is 378. The number of allylic oxidation sites excluding steroid dienone is 7. The first-order valence-electron chi connectivity index (χ1n) is 4.89. The number of nitrogens with zero attached hydrogens (tertiary/aromatic N) is 1. The highest BCUT2D eigenvalue weighted by atomic mass is 16.4. The van der Waals surface area contributed by atoms with Crippen LogP contribution in [-0.2, 0) is 9.59 Å². The third kappa shape index (κ3) is 3.96. The van der Waals surface area contributed by atoms with Gasteiger partial charge in [0.2, 0.25) is 6.41 Å². The zero-order chi connectivity index (χ0) is 11.8. The van der Waals surface area contributed by atoms with E-state index in [9.17, 15) is 9.59 Å². The number of amides is 1. The fourth-order valence-electron chi connectivity index (χ4n) is 1.21. The fourth-order valence-corrected chi connectivity index (χ4v) is 1.21. The van der Waals surface area contributed by atoms with Gasteiger partial charge in [-0.1, -0.05) is 30.4 Å². The van der Waals surface area contributed by atoms with Gasteiger partial charge in [-0.3, -0.25) is 9.59 Å². The van der Waals surface area contributed by atoms with Gasteiger partial charge in [-0.2, -0.15) is 0 Å². The van der Waals surface area contributed by atoms with Crippen LogP contribution in [0, 0.1) is 0 Å². The molecule has 1 rings (SSSR count). The van der Waals surface area contributed by atoms with E-state index in [0.717, 1.165) is 0 Å². The lowest BCUT2D eigenvalue weighted by atomic mass is 10.2. The molecular weight excluding hydrogens is 206 g/mol. The first-order valence-corrected chi connectivity index (χ1v) is 4.89. The van der Waals surface area contributed by atoms with Gasteiger partial charge in [0.15, 0.2) is 0 Å². The average Bonchev–Trinajstić information content (AvgIpc) is 2.20. The Balaban J connectivity index is 2.71. The Hall–Kier alpha value is -2.10. The standard InChI is InChI=1S/C12H13NO3/c14-10-13(9-8-12(15)16)11-6-4-2-1-3-5-7-11/h1-7,10H,8-9H2,(H,15,16). The van der Waals surface area contributed by atoms with Gasteiger partial charge in [-0.05, 0) is 12.2 Å². The summed E-state index contributed by atoms with van der Waals surface area (Å²) in [5, 5.41) is 8.55. The van der Waals surface area contributed by atoms with Crippen molar-refractivity contribution in [3.8, 4) is 0 Å². The minimum atomic E-state index is -0.919. The molecule has 0 unspecified atom stereocenters. The quantitative estimate of drug-likeness (QED) is 0.712. The topological polar surface area (TPSA) is 57.6 Å². The summed E-state index contributed by atoms with van der Waals surface area (Å²) in [5.74, 6) is -0.919. The number of carboxylic acid groups (broad SMARTS) is 1. The molecule has 16 heavy (non-hydrogen) atoms. The molecule has 0 heterocycles. The van der Waals surface area contributed by atoms with Crippen LogP contribution in [0.3, 0.4) is 0 Å². The maximum Gasteiger partial charge on any atom is 0.305 e. The van der Waals surface area contributed by atoms with E-state index in [1.807, 2.05) is 18.2 Å². The predicted octanol–water partition coefficient (Wildman–Crippen LogP) is 1.49. The van der Waals surface area contributed by atoms with Crippen LogP contribution in [0.1, 0.15) is 6.42 Å². The number of aliphatic carboxylic acids is 1. The fraction of sp³-hybridized carbons (Fsp3) is 0.167. The highest BCUT2D eigenvalue weighted by Gasteiger charge is 2.07. The molecule has 1 aliphatic carbocycles. The second kappa shape index (κ2) is 6.40. The van der Waals surface area contributed by atoms with Crippen LogP contribution in [0.2, 0.25) is 0 Å². The SMILES string of the molecule is O=CN(CCC(=O)O)C1=CC=CC=CC=C1. The van der Waals surface area contributed by atoms with Gasteiger partial charge in [0.1, 0.15) is 0 Å². The van der Waals surface area contributed by atoms with E-state index in [2.05, 4.69) is 0 Å². The number of hydrogen-bond donors (Lipinski definition) is 1. The molecule has 0 radical (unpaired) electrons. The van der Waals surface area contributed by atoms with Crippen molar-refractivity contribution in [1.82, 2.24) is 4.90 Å². The van der Waals surface area contributed by atoms with Crippen molar-refractivity contribution in [2.24, 2.45) is 0 Å². The number of carbonyl (C=O) groups is 2. The van der Waals surface area contributed by atoms with Gasteiger partial charge in [0, 0.05) is 12.2 Å². The molecule has 0 saturated carbocycles. The summed E-state index contributed by atoms with van der Waals surface area (Å²) in [6, 6.07) is 0. The molecule has 0 fully saturated rings. The first kappa shape index (κ1) is 12.0. The van der Waals surface area contributed by atoms with Crippen LogP contribution in [0.5, 0.6) is 0 Å². The maximum absolute atomic E-state index is 10.8. The van der Waals surface area contributed by atoms with E-state index in [1.165, 1.54) is 4.90 Å². The van der Waals surface area contributed by atoms with E-state index in [4.69, 9.17) is 5.11 Å². The van der Waals surface area contributed by atoms with Crippen molar-refractivity contribution in [1.29, 1.82) is 0 Å². The molecule has 0 aromatic heterocycles. The minimum Gasteiger partial charge on any atom is -0.481 e. The Morgan fingerprint density at radius 1 is 1.25 bits per heavy atom. The van der Waals surface area contributed by atoms with Crippen LogP contribution >= 0.6 is 0 Å². The molecule has 84 valence electrons. The highest BCUT2D eigenvalue weighted by Crippen LogP contribution is 2.07. The van der Waals surface area contributed by atoms with E-state index in [0.29, 0.717) is 12.1 Å². The lowest BCUT2D eigenvalue weighted by Crippen LogP contribution is -2.23.